The van der Waals surface area contributed by atoms with Crippen molar-refractivity contribution in [2.24, 2.45) is 5.92 Å². The van der Waals surface area contributed by atoms with Gasteiger partial charge in [0, 0.05) is 46.8 Å². The van der Waals surface area contributed by atoms with E-state index in [4.69, 9.17) is 54.9 Å². The molecule has 0 aliphatic heterocycles. The zero-order chi connectivity index (χ0) is 21.2. The van der Waals surface area contributed by atoms with Crippen molar-refractivity contribution >= 4 is 81.6 Å². The highest BCUT2D eigenvalue weighted by atomic mass is 32.1. The van der Waals surface area contributed by atoms with Crippen molar-refractivity contribution < 1.29 is 13.3 Å². The SMILES string of the molecule is CCO[Si](OCC)(OCC)C1(c2nc3ccccc3s2)CC(=S)C(=S)C(C)C1=S. The number of aromatic nitrogens is 1. The first-order valence-corrected chi connectivity index (χ1v) is 13.5. The molecule has 2 atom stereocenters. The number of hydrogen-bond acceptors (Lipinski definition) is 8. The maximum atomic E-state index is 6.38. The third-order valence-corrected chi connectivity index (χ3v) is 12.2. The van der Waals surface area contributed by atoms with Gasteiger partial charge in [0.05, 0.1) is 10.2 Å². The monoisotopic (exact) mass is 483 g/mol. The lowest BCUT2D eigenvalue weighted by atomic mass is 9.81. The highest BCUT2D eigenvalue weighted by Gasteiger charge is 2.68. The van der Waals surface area contributed by atoms with E-state index >= 15 is 0 Å². The molecule has 1 aromatic carbocycles. The number of nitrogens with zero attached hydrogens (tertiary/aromatic N) is 1. The van der Waals surface area contributed by atoms with Crippen molar-refractivity contribution in [1.29, 1.82) is 0 Å². The molecule has 0 spiro atoms. The first kappa shape index (κ1) is 23.1. The van der Waals surface area contributed by atoms with Gasteiger partial charge in [0.2, 0.25) is 0 Å². The van der Waals surface area contributed by atoms with E-state index in [0.717, 1.165) is 29.8 Å². The summed E-state index contributed by atoms with van der Waals surface area (Å²) in [5.41, 5.74) is 0.925. The smallest absolute Gasteiger partial charge is 0.373 e. The standard InChI is InChI=1S/C20H25NO3S4Si/c1-5-22-29(23-6-2,24-7-3)20(12-15(25)17(26)13(4)18(20)27)19-21-14-10-8-9-11-16(14)28-19/h8-11,13H,5-7,12H2,1-4H3. The largest absolute Gasteiger partial charge is 0.520 e. The van der Waals surface area contributed by atoms with Crippen LogP contribution in [0.3, 0.4) is 0 Å². The maximum Gasteiger partial charge on any atom is 0.520 e. The molecule has 2 aromatic rings. The Hall–Kier alpha value is -0.523. The predicted octanol–water partition coefficient (Wildman–Crippen LogP) is 5.27. The van der Waals surface area contributed by atoms with Gasteiger partial charge in [-0.3, -0.25) is 0 Å². The minimum atomic E-state index is -3.37. The van der Waals surface area contributed by atoms with E-state index in [2.05, 4.69) is 6.07 Å². The van der Waals surface area contributed by atoms with Crippen LogP contribution in [0.25, 0.3) is 10.2 Å². The average molecular weight is 484 g/mol. The summed E-state index contributed by atoms with van der Waals surface area (Å²) in [5, 5.41) is 0.0229. The van der Waals surface area contributed by atoms with Gasteiger partial charge in [0.25, 0.3) is 0 Å². The van der Waals surface area contributed by atoms with E-state index in [1.165, 1.54) is 0 Å². The first-order chi connectivity index (χ1) is 13.9. The minimum Gasteiger partial charge on any atom is -0.373 e. The molecule has 9 heteroatoms. The number of para-hydroxylation sites is 1. The van der Waals surface area contributed by atoms with Crippen molar-refractivity contribution in [3.8, 4) is 0 Å². The second kappa shape index (κ2) is 9.31. The highest BCUT2D eigenvalue weighted by molar-refractivity contribution is 7.90. The molecule has 2 unspecified atom stereocenters. The van der Waals surface area contributed by atoms with Crippen molar-refractivity contribution in [2.45, 2.75) is 39.2 Å². The Morgan fingerprint density at radius 1 is 1.07 bits per heavy atom. The molecule has 1 heterocycles. The summed E-state index contributed by atoms with van der Waals surface area (Å²) in [6, 6.07) is 8.07. The van der Waals surface area contributed by atoms with Crippen molar-refractivity contribution in [3.05, 3.63) is 29.3 Å². The molecule has 4 nitrogen and oxygen atoms in total. The summed E-state index contributed by atoms with van der Waals surface area (Å²) in [5.74, 6) is -0.151. The summed E-state index contributed by atoms with van der Waals surface area (Å²) >= 11 is 19.0. The maximum absolute atomic E-state index is 6.38. The molecule has 29 heavy (non-hydrogen) atoms. The van der Waals surface area contributed by atoms with Gasteiger partial charge >= 0.3 is 8.80 Å². The van der Waals surface area contributed by atoms with Crippen LogP contribution < -0.4 is 0 Å². The lowest BCUT2D eigenvalue weighted by Gasteiger charge is -2.48. The number of hydrogen-bond donors (Lipinski definition) is 0. The summed E-state index contributed by atoms with van der Waals surface area (Å²) in [7, 11) is -3.37. The molecule has 0 saturated heterocycles. The zero-order valence-corrected chi connectivity index (χ0v) is 21.3. The Morgan fingerprint density at radius 3 is 2.21 bits per heavy atom. The summed E-state index contributed by atoms with van der Waals surface area (Å²) in [6.45, 7) is 9.21. The van der Waals surface area contributed by atoms with Gasteiger partial charge in [-0.25, -0.2) is 4.98 Å². The van der Waals surface area contributed by atoms with Crippen LogP contribution in [0.5, 0.6) is 0 Å². The van der Waals surface area contributed by atoms with E-state index in [0.29, 0.717) is 26.2 Å². The van der Waals surface area contributed by atoms with E-state index in [-0.39, 0.29) is 5.92 Å². The Labute approximate surface area is 193 Å². The highest BCUT2D eigenvalue weighted by Crippen LogP contribution is 2.48. The van der Waals surface area contributed by atoms with Crippen LogP contribution in [0.15, 0.2) is 24.3 Å². The van der Waals surface area contributed by atoms with Crippen molar-refractivity contribution in [1.82, 2.24) is 4.98 Å². The van der Waals surface area contributed by atoms with Crippen molar-refractivity contribution in [2.75, 3.05) is 19.8 Å². The van der Waals surface area contributed by atoms with Crippen LogP contribution in [-0.4, -0.2) is 48.2 Å². The first-order valence-electron chi connectivity index (χ1n) is 9.76. The quantitative estimate of drug-likeness (QED) is 0.374. The van der Waals surface area contributed by atoms with Crippen LogP contribution in [-0.2, 0) is 18.3 Å². The molecule has 0 N–H and O–H groups in total. The summed E-state index contributed by atoms with van der Waals surface area (Å²) in [6.07, 6.45) is 0.441. The van der Waals surface area contributed by atoms with Gasteiger partial charge in [-0.05, 0) is 32.9 Å². The number of thiocarbonyl (C=S) groups is 3. The van der Waals surface area contributed by atoms with Gasteiger partial charge in [-0.1, -0.05) is 55.7 Å². The molecule has 1 aliphatic rings. The minimum absolute atomic E-state index is 0.151. The molecule has 1 fully saturated rings. The molecular formula is C20H25NO3S4Si. The molecule has 0 radical (unpaired) electrons. The summed E-state index contributed by atoms with van der Waals surface area (Å²) in [4.78, 5) is 7.20. The third-order valence-electron chi connectivity index (χ3n) is 5.09. The Bertz CT molecular complexity index is 897. The van der Waals surface area contributed by atoms with Crippen LogP contribution in [0.1, 0.15) is 39.1 Å². The van der Waals surface area contributed by atoms with Gasteiger partial charge in [-0.15, -0.1) is 11.3 Å². The fourth-order valence-corrected chi connectivity index (χ4v) is 10.3. The second-order valence-electron chi connectivity index (χ2n) is 6.80. The van der Waals surface area contributed by atoms with Gasteiger partial charge in [0.15, 0.2) is 0 Å². The van der Waals surface area contributed by atoms with Crippen LogP contribution in [0, 0.1) is 5.92 Å². The Kier molecular flexibility index (Phi) is 7.43. The van der Waals surface area contributed by atoms with Crippen LogP contribution in [0.4, 0.5) is 0 Å². The third kappa shape index (κ3) is 3.80. The van der Waals surface area contributed by atoms with Crippen molar-refractivity contribution in [3.63, 3.8) is 0 Å². The molecule has 1 saturated carbocycles. The topological polar surface area (TPSA) is 40.6 Å². The number of rotatable bonds is 8. The average Bonchev–Trinajstić information content (AvgIpc) is 3.14. The van der Waals surface area contributed by atoms with Gasteiger partial charge < -0.3 is 13.3 Å². The summed E-state index contributed by atoms with van der Waals surface area (Å²) < 4.78 is 20.2. The zero-order valence-electron chi connectivity index (χ0n) is 17.0. The number of fused-ring (bicyclic) bond motifs is 1. The molecule has 3 rings (SSSR count). The molecule has 1 aliphatic carbocycles. The van der Waals surface area contributed by atoms with Crippen LogP contribution >= 0.6 is 48.0 Å². The molecule has 0 amide bonds. The molecule has 0 bridgehead atoms. The molecule has 1 aromatic heterocycles. The molecular weight excluding hydrogens is 459 g/mol. The normalized spacial score (nSPS) is 23.2. The second-order valence-corrected chi connectivity index (χ2v) is 12.0. The van der Waals surface area contributed by atoms with Gasteiger partial charge in [-0.2, -0.15) is 0 Å². The number of thiazole rings is 1. The fourth-order valence-electron chi connectivity index (χ4n) is 3.84. The lowest BCUT2D eigenvalue weighted by Crippen LogP contribution is -2.70. The fraction of sp³-hybridized carbons (Fsp3) is 0.500. The van der Waals surface area contributed by atoms with Crippen LogP contribution in [0.2, 0.25) is 0 Å². The Morgan fingerprint density at radius 2 is 1.66 bits per heavy atom. The number of benzene rings is 1. The predicted molar refractivity (Wildman–Crippen MR) is 134 cm³/mol. The van der Waals surface area contributed by atoms with E-state index in [1.807, 2.05) is 45.9 Å². The molecule has 156 valence electrons. The van der Waals surface area contributed by atoms with Gasteiger partial charge in [0.1, 0.15) is 10.0 Å². The van der Waals surface area contributed by atoms with E-state index in [1.54, 1.807) is 11.3 Å². The lowest BCUT2D eigenvalue weighted by molar-refractivity contribution is 0.0546. The Balaban J connectivity index is 2.34. The van der Waals surface area contributed by atoms with E-state index in [9.17, 15) is 0 Å². The van der Waals surface area contributed by atoms with E-state index < -0.39 is 13.8 Å².